The van der Waals surface area contributed by atoms with Crippen LogP contribution in [0.3, 0.4) is 0 Å². The zero-order valence-electron chi connectivity index (χ0n) is 6.86. The lowest BCUT2D eigenvalue weighted by Crippen LogP contribution is -1.84. The van der Waals surface area contributed by atoms with E-state index in [2.05, 4.69) is 23.8 Å². The molecule has 2 heterocycles. The summed E-state index contributed by atoms with van der Waals surface area (Å²) >= 11 is 0. The van der Waals surface area contributed by atoms with Crippen LogP contribution in [-0.2, 0) is 0 Å². The maximum atomic E-state index is 4.18. The summed E-state index contributed by atoms with van der Waals surface area (Å²) in [6, 6.07) is 3.91. The second kappa shape index (κ2) is 3.50. The van der Waals surface area contributed by atoms with Crippen LogP contribution in [0.25, 0.3) is 11.3 Å². The molecule has 2 rings (SSSR count). The van der Waals surface area contributed by atoms with Crippen molar-refractivity contribution < 1.29 is 0 Å². The maximum Gasteiger partial charge on any atom is 0.0899 e. The van der Waals surface area contributed by atoms with Gasteiger partial charge >= 0.3 is 0 Å². The van der Waals surface area contributed by atoms with Gasteiger partial charge in [-0.05, 0) is 12.1 Å². The monoisotopic (exact) mass is 189 g/mol. The highest BCUT2D eigenvalue weighted by atomic mass is 31.0. The lowest BCUT2D eigenvalue weighted by molar-refractivity contribution is 1.19. The number of aromatic nitrogens is 3. The molecule has 2 aromatic heterocycles. The van der Waals surface area contributed by atoms with E-state index in [1.807, 2.05) is 18.3 Å². The SMILES string of the molecule is P=c1ccc(-c2cnccn2)c[nH]1. The summed E-state index contributed by atoms with van der Waals surface area (Å²) in [5, 5.41) is 0.938. The van der Waals surface area contributed by atoms with Crippen molar-refractivity contribution in [1.82, 2.24) is 15.0 Å². The number of hydrogen-bond donors (Lipinski definition) is 1. The molecule has 0 aliphatic heterocycles. The van der Waals surface area contributed by atoms with Gasteiger partial charge in [0.15, 0.2) is 0 Å². The van der Waals surface area contributed by atoms with Gasteiger partial charge in [-0.15, -0.1) is 0 Å². The molecule has 0 saturated carbocycles. The number of aromatic amines is 1. The minimum absolute atomic E-state index is 0.866. The summed E-state index contributed by atoms with van der Waals surface area (Å²) in [7, 11) is 3.37. The van der Waals surface area contributed by atoms with Crippen molar-refractivity contribution in [3.8, 4) is 11.3 Å². The van der Waals surface area contributed by atoms with E-state index in [4.69, 9.17) is 0 Å². The van der Waals surface area contributed by atoms with E-state index in [0.29, 0.717) is 0 Å². The lowest BCUT2D eigenvalue weighted by atomic mass is 10.2. The average molecular weight is 189 g/mol. The van der Waals surface area contributed by atoms with Crippen molar-refractivity contribution in [2.45, 2.75) is 0 Å². The van der Waals surface area contributed by atoms with Crippen LogP contribution in [0.4, 0.5) is 0 Å². The van der Waals surface area contributed by atoms with E-state index in [0.717, 1.165) is 16.3 Å². The van der Waals surface area contributed by atoms with E-state index in [9.17, 15) is 0 Å². The Morgan fingerprint density at radius 2 is 2.15 bits per heavy atom. The Labute approximate surface area is 77.7 Å². The van der Waals surface area contributed by atoms with Gasteiger partial charge in [-0.3, -0.25) is 9.97 Å². The molecule has 0 amide bonds. The van der Waals surface area contributed by atoms with Gasteiger partial charge in [-0.2, -0.15) is 0 Å². The molecule has 0 spiro atoms. The fourth-order valence-corrected chi connectivity index (χ4v) is 1.19. The molecule has 3 nitrogen and oxygen atoms in total. The van der Waals surface area contributed by atoms with E-state index in [1.54, 1.807) is 18.6 Å². The smallest absolute Gasteiger partial charge is 0.0899 e. The molecule has 64 valence electrons. The summed E-state index contributed by atoms with van der Waals surface area (Å²) in [4.78, 5) is 11.2. The fraction of sp³-hybridized carbons (Fsp3) is 0. The molecule has 0 fully saturated rings. The molecule has 2 aromatic rings. The van der Waals surface area contributed by atoms with Crippen LogP contribution in [0.1, 0.15) is 0 Å². The van der Waals surface area contributed by atoms with Crippen LogP contribution < -0.4 is 0 Å². The molecule has 0 unspecified atom stereocenters. The Hall–Kier alpha value is -1.47. The van der Waals surface area contributed by atoms with Gasteiger partial charge in [0.05, 0.1) is 17.0 Å². The summed E-state index contributed by atoms with van der Waals surface area (Å²) in [6.45, 7) is 0. The van der Waals surface area contributed by atoms with Crippen molar-refractivity contribution in [3.05, 3.63) is 42.0 Å². The number of H-pyrrole nitrogens is 1. The molecule has 1 N–H and O–H groups in total. The average Bonchev–Trinajstić information content (AvgIpc) is 2.20. The third-order valence-corrected chi connectivity index (χ3v) is 1.98. The van der Waals surface area contributed by atoms with E-state index < -0.39 is 0 Å². The standard InChI is InChI=1S/C9H8N3P/c13-9-2-1-7(5-12-9)8-6-10-3-4-11-8/h1-6,12-13H. The molecular formula is C9H8N3P. The molecule has 4 heteroatoms. The first kappa shape index (κ1) is 8.14. The van der Waals surface area contributed by atoms with Crippen molar-refractivity contribution >= 4 is 8.86 Å². The number of nitrogens with zero attached hydrogens (tertiary/aromatic N) is 2. The summed E-state index contributed by atoms with van der Waals surface area (Å²) in [5.74, 6) is 0. The molecule has 0 saturated heterocycles. The molecule has 0 radical (unpaired) electrons. The summed E-state index contributed by atoms with van der Waals surface area (Å²) in [5.41, 5.74) is 1.89. The molecule has 0 aliphatic carbocycles. The summed E-state index contributed by atoms with van der Waals surface area (Å²) in [6.07, 6.45) is 6.95. The highest BCUT2D eigenvalue weighted by molar-refractivity contribution is 7.06. The second-order valence-electron chi connectivity index (χ2n) is 2.58. The van der Waals surface area contributed by atoms with Crippen molar-refractivity contribution in [2.24, 2.45) is 0 Å². The van der Waals surface area contributed by atoms with Crippen LogP contribution >= 0.6 is 8.86 Å². The normalized spacial score (nSPS) is 9.85. The lowest BCUT2D eigenvalue weighted by Gasteiger charge is -1.97. The Morgan fingerprint density at radius 3 is 2.77 bits per heavy atom. The Kier molecular flexibility index (Phi) is 2.19. The summed E-state index contributed by atoms with van der Waals surface area (Å²) < 4.78 is 0. The highest BCUT2D eigenvalue weighted by Gasteiger charge is 1.95. The first-order valence-corrected chi connectivity index (χ1v) is 4.36. The fourth-order valence-electron chi connectivity index (χ4n) is 1.03. The zero-order chi connectivity index (χ0) is 9.10. The Balaban J connectivity index is 2.48. The zero-order valence-corrected chi connectivity index (χ0v) is 7.86. The third-order valence-electron chi connectivity index (χ3n) is 1.67. The largest absolute Gasteiger partial charge is 0.358 e. The van der Waals surface area contributed by atoms with Crippen LogP contribution in [0, 0.1) is 5.07 Å². The molecule has 0 bridgehead atoms. The van der Waals surface area contributed by atoms with Crippen molar-refractivity contribution in [1.29, 1.82) is 0 Å². The van der Waals surface area contributed by atoms with Gasteiger partial charge in [0.1, 0.15) is 0 Å². The molecule has 0 atom stereocenters. The number of rotatable bonds is 1. The van der Waals surface area contributed by atoms with Gasteiger partial charge in [-0.1, -0.05) is 8.86 Å². The van der Waals surface area contributed by atoms with Crippen LogP contribution in [0.15, 0.2) is 36.9 Å². The predicted octanol–water partition coefficient (Wildman–Crippen LogP) is 2.15. The van der Waals surface area contributed by atoms with E-state index in [1.165, 1.54) is 0 Å². The Morgan fingerprint density at radius 1 is 1.23 bits per heavy atom. The Bertz CT molecular complexity index is 429. The van der Waals surface area contributed by atoms with Gasteiger partial charge in [-0.25, -0.2) is 0 Å². The topological polar surface area (TPSA) is 41.6 Å². The van der Waals surface area contributed by atoms with Crippen LogP contribution in [0.2, 0.25) is 0 Å². The predicted molar refractivity (Wildman–Crippen MR) is 53.4 cm³/mol. The minimum Gasteiger partial charge on any atom is -0.358 e. The first-order chi connectivity index (χ1) is 6.36. The van der Waals surface area contributed by atoms with E-state index in [-0.39, 0.29) is 0 Å². The number of nitrogens with one attached hydrogen (secondary N) is 1. The molecule has 0 aliphatic rings. The quantitative estimate of drug-likeness (QED) is 0.698. The number of pyridine rings is 1. The minimum atomic E-state index is 0.866. The maximum absolute atomic E-state index is 4.18. The van der Waals surface area contributed by atoms with Crippen LogP contribution in [0.5, 0.6) is 0 Å². The van der Waals surface area contributed by atoms with Gasteiger partial charge < -0.3 is 4.98 Å². The van der Waals surface area contributed by atoms with Gasteiger partial charge in [0.2, 0.25) is 0 Å². The first-order valence-electron chi connectivity index (χ1n) is 3.86. The number of hydrogen-bond acceptors (Lipinski definition) is 2. The van der Waals surface area contributed by atoms with Gasteiger partial charge in [0.25, 0.3) is 0 Å². The second-order valence-corrected chi connectivity index (χ2v) is 3.12. The van der Waals surface area contributed by atoms with Crippen LogP contribution in [-0.4, -0.2) is 15.0 Å². The highest BCUT2D eigenvalue weighted by Crippen LogP contribution is 2.12. The molecule has 0 aromatic carbocycles. The van der Waals surface area contributed by atoms with E-state index >= 15 is 0 Å². The molecular weight excluding hydrogens is 181 g/mol. The van der Waals surface area contributed by atoms with Crippen molar-refractivity contribution in [3.63, 3.8) is 0 Å². The molecule has 13 heavy (non-hydrogen) atoms. The van der Waals surface area contributed by atoms with Gasteiger partial charge in [0, 0.05) is 24.2 Å². The third kappa shape index (κ3) is 1.82. The van der Waals surface area contributed by atoms with Crippen molar-refractivity contribution in [2.75, 3.05) is 0 Å².